The molecule has 25 heavy (non-hydrogen) atoms. The molecule has 5 rings (SSSR count). The molecule has 1 spiro atoms. The van der Waals surface area contributed by atoms with E-state index in [9.17, 15) is 5.11 Å². The first-order chi connectivity index (χ1) is 11.9. The summed E-state index contributed by atoms with van der Waals surface area (Å²) in [5.41, 5.74) is 1.53. The Balaban J connectivity index is 1.77. The van der Waals surface area contributed by atoms with E-state index in [1.165, 1.54) is 0 Å². The fourth-order valence-electron chi connectivity index (χ4n) is 5.38. The molecule has 1 aliphatic carbocycles. The summed E-state index contributed by atoms with van der Waals surface area (Å²) < 4.78 is 23.5. The first-order valence-corrected chi connectivity index (χ1v) is 8.74. The number of aliphatic hydroxyl groups is 1. The highest BCUT2D eigenvalue weighted by Gasteiger charge is 2.72. The minimum Gasteiger partial charge on any atom is -0.454 e. The minimum atomic E-state index is -1.24. The Morgan fingerprint density at radius 2 is 2.00 bits per heavy atom. The molecule has 6 heteroatoms. The van der Waals surface area contributed by atoms with Crippen LogP contribution < -0.4 is 9.47 Å². The number of hydrogen-bond donors (Lipinski definition) is 1. The molecule has 1 N–H and O–H groups in total. The van der Waals surface area contributed by atoms with Gasteiger partial charge in [0.05, 0.1) is 26.8 Å². The molecule has 3 aliphatic heterocycles. The third-order valence-electron chi connectivity index (χ3n) is 6.48. The van der Waals surface area contributed by atoms with Gasteiger partial charge in [0.25, 0.3) is 0 Å². The Bertz CT molecular complexity index is 775. The number of hydrogen-bond acceptors (Lipinski definition) is 5. The van der Waals surface area contributed by atoms with Gasteiger partial charge in [-0.15, -0.1) is 0 Å². The number of methoxy groups -OCH3 is 1. The van der Waals surface area contributed by atoms with Gasteiger partial charge in [-0.25, -0.2) is 0 Å². The molecule has 4 aliphatic rings. The van der Waals surface area contributed by atoms with Gasteiger partial charge in [-0.05, 0) is 23.3 Å². The van der Waals surface area contributed by atoms with Crippen molar-refractivity contribution < 1.29 is 28.5 Å². The quantitative estimate of drug-likeness (QED) is 0.614. The lowest BCUT2D eigenvalue weighted by atomic mass is 9.64. The average molecular weight is 346 g/mol. The second-order valence-corrected chi connectivity index (χ2v) is 8.13. The molecule has 3 heterocycles. The number of likely N-dealkylation sites (N-methyl/N-ethyl adjacent to an activating group) is 1. The Labute approximate surface area is 147 Å². The first kappa shape index (κ1) is 15.6. The molecule has 0 aromatic heterocycles. The highest BCUT2D eigenvalue weighted by atomic mass is 16.7. The van der Waals surface area contributed by atoms with E-state index in [2.05, 4.69) is 26.2 Å². The number of benzene rings is 1. The highest BCUT2D eigenvalue weighted by molar-refractivity contribution is 5.56. The number of rotatable bonds is 1. The predicted molar refractivity (Wildman–Crippen MR) is 89.3 cm³/mol. The van der Waals surface area contributed by atoms with Crippen molar-refractivity contribution in [3.8, 4) is 11.5 Å². The van der Waals surface area contributed by atoms with Crippen LogP contribution in [0.2, 0.25) is 0 Å². The monoisotopic (exact) mass is 346 g/mol. The van der Waals surface area contributed by atoms with E-state index in [4.69, 9.17) is 18.9 Å². The molecule has 0 radical (unpaired) electrons. The van der Waals surface area contributed by atoms with Crippen molar-refractivity contribution in [3.05, 3.63) is 35.4 Å². The van der Waals surface area contributed by atoms with Crippen LogP contribution in [0.15, 0.2) is 24.3 Å². The summed E-state index contributed by atoms with van der Waals surface area (Å²) in [7, 11) is 6.05. The van der Waals surface area contributed by atoms with Crippen LogP contribution >= 0.6 is 0 Å². The smallest absolute Gasteiger partial charge is 0.236 e. The van der Waals surface area contributed by atoms with Crippen molar-refractivity contribution in [2.45, 2.75) is 36.4 Å². The zero-order valence-corrected chi connectivity index (χ0v) is 14.8. The van der Waals surface area contributed by atoms with Crippen molar-refractivity contribution in [2.75, 3.05) is 34.5 Å². The van der Waals surface area contributed by atoms with Gasteiger partial charge in [0.2, 0.25) is 12.6 Å². The van der Waals surface area contributed by atoms with Crippen molar-refractivity contribution in [2.24, 2.45) is 0 Å². The number of ether oxygens (including phenoxy) is 4. The third kappa shape index (κ3) is 1.83. The van der Waals surface area contributed by atoms with Crippen LogP contribution in [0.25, 0.3) is 0 Å². The van der Waals surface area contributed by atoms with E-state index < -0.39 is 11.2 Å². The lowest BCUT2D eigenvalue weighted by Crippen LogP contribution is -2.59. The molecule has 1 fully saturated rings. The van der Waals surface area contributed by atoms with E-state index in [-0.39, 0.29) is 18.9 Å². The number of likely N-dealkylation sites (tertiary alicyclic amines) is 1. The van der Waals surface area contributed by atoms with Gasteiger partial charge in [-0.2, -0.15) is 0 Å². The molecule has 0 saturated carbocycles. The van der Waals surface area contributed by atoms with Gasteiger partial charge >= 0.3 is 0 Å². The van der Waals surface area contributed by atoms with Crippen molar-refractivity contribution in [1.82, 2.24) is 0 Å². The Morgan fingerprint density at radius 3 is 2.76 bits per heavy atom. The number of quaternary nitrogens is 1. The molecule has 0 amide bonds. The number of fused-ring (bicyclic) bond motifs is 2. The van der Waals surface area contributed by atoms with Crippen LogP contribution in [-0.2, 0) is 21.5 Å². The maximum absolute atomic E-state index is 11.6. The Morgan fingerprint density at radius 1 is 1.24 bits per heavy atom. The molecular weight excluding hydrogens is 322 g/mol. The maximum atomic E-state index is 11.6. The minimum absolute atomic E-state index is 0.0507. The van der Waals surface area contributed by atoms with E-state index in [1.807, 2.05) is 12.1 Å². The van der Waals surface area contributed by atoms with Gasteiger partial charge in [0.15, 0.2) is 11.5 Å². The van der Waals surface area contributed by atoms with E-state index in [1.54, 1.807) is 7.11 Å². The number of nitrogens with zero attached hydrogens (tertiary/aromatic N) is 1. The molecule has 6 nitrogen and oxygen atoms in total. The highest BCUT2D eigenvalue weighted by Crippen LogP contribution is 2.58. The summed E-state index contributed by atoms with van der Waals surface area (Å²) in [6.07, 6.45) is 5.06. The average Bonchev–Trinajstić information content (AvgIpc) is 3.11. The lowest BCUT2D eigenvalue weighted by molar-refractivity contribution is -0.908. The SMILES string of the molecule is CO[C@@H]1C=C[C@@]23c4cc5c(cc4CO[C@]2(O)C[N+](C)(C)[C@H]3C1)OCO5. The molecule has 4 atom stereocenters. The summed E-state index contributed by atoms with van der Waals surface area (Å²) in [4.78, 5) is 0. The normalized spacial score (nSPS) is 39.7. The Hall–Kier alpha value is -1.60. The molecule has 0 unspecified atom stereocenters. The maximum Gasteiger partial charge on any atom is 0.236 e. The largest absolute Gasteiger partial charge is 0.454 e. The van der Waals surface area contributed by atoms with Gasteiger partial charge in [-0.1, -0.05) is 12.2 Å². The van der Waals surface area contributed by atoms with Gasteiger partial charge in [-0.3, -0.25) is 0 Å². The molecule has 1 aromatic rings. The molecule has 134 valence electrons. The molecular formula is C19H24NO5+. The second-order valence-electron chi connectivity index (χ2n) is 8.13. The van der Waals surface area contributed by atoms with E-state index >= 15 is 0 Å². The van der Waals surface area contributed by atoms with Crippen LogP contribution in [0.3, 0.4) is 0 Å². The fraction of sp³-hybridized carbons (Fsp3) is 0.579. The van der Waals surface area contributed by atoms with E-state index in [0.29, 0.717) is 17.6 Å². The van der Waals surface area contributed by atoms with Crippen LogP contribution in [0.1, 0.15) is 17.5 Å². The standard InChI is InChI=1S/C19H24NO5/c1-20(2)10-19(21)18(5-4-13(22-3)7-17(18)20)14-8-16-15(23-11-24-16)6-12(14)9-25-19/h4-6,8,13,17,21H,7,9-11H2,1-3H3/q+1/t13-,17+,18+,19-/m1/s1. The van der Waals surface area contributed by atoms with Crippen molar-refractivity contribution in [3.63, 3.8) is 0 Å². The zero-order valence-electron chi connectivity index (χ0n) is 14.8. The van der Waals surface area contributed by atoms with Crippen LogP contribution in [0, 0.1) is 0 Å². The molecule has 1 aromatic carbocycles. The van der Waals surface area contributed by atoms with Crippen LogP contribution in [-0.4, -0.2) is 62.1 Å². The lowest BCUT2D eigenvalue weighted by Gasteiger charge is -2.47. The predicted octanol–water partition coefficient (Wildman–Crippen LogP) is 1.31. The van der Waals surface area contributed by atoms with Crippen LogP contribution in [0.5, 0.6) is 11.5 Å². The van der Waals surface area contributed by atoms with E-state index in [0.717, 1.165) is 29.0 Å². The fourth-order valence-corrected chi connectivity index (χ4v) is 5.38. The topological polar surface area (TPSA) is 57.2 Å². The molecule has 1 saturated heterocycles. The van der Waals surface area contributed by atoms with Gasteiger partial charge in [0.1, 0.15) is 18.0 Å². The molecule has 0 bridgehead atoms. The van der Waals surface area contributed by atoms with Crippen LogP contribution in [0.4, 0.5) is 0 Å². The first-order valence-electron chi connectivity index (χ1n) is 8.74. The summed E-state index contributed by atoms with van der Waals surface area (Å²) in [6, 6.07) is 4.19. The summed E-state index contributed by atoms with van der Waals surface area (Å²) in [5, 5.41) is 11.6. The van der Waals surface area contributed by atoms with Crippen molar-refractivity contribution >= 4 is 0 Å². The van der Waals surface area contributed by atoms with Gasteiger partial charge < -0.3 is 28.5 Å². The summed E-state index contributed by atoms with van der Waals surface area (Å²) in [6.45, 7) is 1.15. The second kappa shape index (κ2) is 4.76. The summed E-state index contributed by atoms with van der Waals surface area (Å²) in [5.74, 6) is 0.259. The zero-order chi connectivity index (χ0) is 17.4. The third-order valence-corrected chi connectivity index (χ3v) is 6.48. The van der Waals surface area contributed by atoms with Crippen molar-refractivity contribution in [1.29, 1.82) is 0 Å². The Kier molecular flexibility index (Phi) is 2.98. The van der Waals surface area contributed by atoms with Gasteiger partial charge in [0, 0.05) is 13.5 Å². The summed E-state index contributed by atoms with van der Waals surface area (Å²) >= 11 is 0.